The van der Waals surface area contributed by atoms with Gasteiger partial charge in [0.1, 0.15) is 5.82 Å². The molecule has 1 unspecified atom stereocenters. The average Bonchev–Trinajstić information content (AvgIpc) is 2.26. The van der Waals surface area contributed by atoms with Crippen LogP contribution in [-0.4, -0.2) is 29.3 Å². The first kappa shape index (κ1) is 14.6. The van der Waals surface area contributed by atoms with Crippen LogP contribution in [-0.2, 0) is 0 Å². The number of anilines is 2. The van der Waals surface area contributed by atoms with Gasteiger partial charge in [-0.1, -0.05) is 13.8 Å². The van der Waals surface area contributed by atoms with Gasteiger partial charge in [-0.3, -0.25) is 0 Å². The van der Waals surface area contributed by atoms with Gasteiger partial charge < -0.3 is 20.9 Å². The Morgan fingerprint density at radius 2 is 2.17 bits per heavy atom. The molecule has 0 saturated carbocycles. The number of nitrogen functional groups attached to an aromatic ring is 1. The Hall–Kier alpha value is -1.49. The van der Waals surface area contributed by atoms with Crippen LogP contribution in [0.4, 0.5) is 11.5 Å². The third-order valence-corrected chi connectivity index (χ3v) is 2.58. The number of aliphatic hydroxyl groups is 1. The van der Waals surface area contributed by atoms with E-state index in [4.69, 9.17) is 10.5 Å². The van der Waals surface area contributed by atoms with Crippen molar-refractivity contribution in [3.05, 3.63) is 12.1 Å². The first-order valence-corrected chi connectivity index (χ1v) is 6.11. The minimum atomic E-state index is -0.759. The zero-order valence-corrected chi connectivity index (χ0v) is 11.5. The molecule has 0 bridgehead atoms. The fourth-order valence-corrected chi connectivity index (χ4v) is 1.95. The molecule has 1 aromatic heterocycles. The van der Waals surface area contributed by atoms with Crippen molar-refractivity contribution >= 4 is 11.5 Å². The molecule has 18 heavy (non-hydrogen) atoms. The van der Waals surface area contributed by atoms with Crippen molar-refractivity contribution in [2.45, 2.75) is 32.8 Å². The van der Waals surface area contributed by atoms with Gasteiger partial charge in [0, 0.05) is 6.54 Å². The number of hydrogen-bond donors (Lipinski definition) is 3. The highest BCUT2D eigenvalue weighted by molar-refractivity contribution is 5.53. The summed E-state index contributed by atoms with van der Waals surface area (Å²) in [4.78, 5) is 4.20. The van der Waals surface area contributed by atoms with Crippen LogP contribution in [0.25, 0.3) is 0 Å². The first-order chi connectivity index (χ1) is 8.34. The summed E-state index contributed by atoms with van der Waals surface area (Å²) < 4.78 is 5.04. The van der Waals surface area contributed by atoms with Crippen molar-refractivity contribution in [2.75, 3.05) is 24.7 Å². The fraction of sp³-hybridized carbons (Fsp3) is 0.615. The number of methoxy groups -OCH3 is 1. The van der Waals surface area contributed by atoms with E-state index in [-0.39, 0.29) is 0 Å². The van der Waals surface area contributed by atoms with E-state index in [1.54, 1.807) is 12.1 Å². The number of pyridine rings is 1. The van der Waals surface area contributed by atoms with Crippen LogP contribution in [0.2, 0.25) is 0 Å². The van der Waals surface area contributed by atoms with E-state index in [1.807, 2.05) is 6.92 Å². The van der Waals surface area contributed by atoms with Gasteiger partial charge in [-0.2, -0.15) is 4.98 Å². The van der Waals surface area contributed by atoms with Crippen molar-refractivity contribution in [3.8, 4) is 5.88 Å². The molecule has 0 amide bonds. The molecule has 5 heteroatoms. The van der Waals surface area contributed by atoms with E-state index in [2.05, 4.69) is 24.1 Å². The summed E-state index contributed by atoms with van der Waals surface area (Å²) in [5.41, 5.74) is 5.42. The molecule has 0 fully saturated rings. The number of hydrogen-bond acceptors (Lipinski definition) is 5. The molecule has 0 saturated heterocycles. The van der Waals surface area contributed by atoms with Crippen LogP contribution >= 0.6 is 0 Å². The largest absolute Gasteiger partial charge is 0.479 e. The van der Waals surface area contributed by atoms with E-state index in [0.29, 0.717) is 29.8 Å². The van der Waals surface area contributed by atoms with Crippen molar-refractivity contribution < 1.29 is 9.84 Å². The maximum absolute atomic E-state index is 10.2. The lowest BCUT2D eigenvalue weighted by molar-refractivity contribution is 0.0514. The average molecular weight is 253 g/mol. The van der Waals surface area contributed by atoms with Crippen LogP contribution in [0.15, 0.2) is 12.1 Å². The maximum atomic E-state index is 10.2. The molecule has 4 N–H and O–H groups in total. The van der Waals surface area contributed by atoms with Crippen molar-refractivity contribution in [2.24, 2.45) is 5.92 Å². The summed E-state index contributed by atoms with van der Waals surface area (Å²) in [5.74, 6) is 1.48. The highest BCUT2D eigenvalue weighted by Crippen LogP contribution is 2.21. The minimum absolute atomic E-state index is 0.392. The predicted molar refractivity (Wildman–Crippen MR) is 73.8 cm³/mol. The van der Waals surface area contributed by atoms with Gasteiger partial charge in [-0.25, -0.2) is 0 Å². The lowest BCUT2D eigenvalue weighted by Crippen LogP contribution is -2.35. The monoisotopic (exact) mass is 253 g/mol. The number of aromatic nitrogens is 1. The maximum Gasteiger partial charge on any atom is 0.238 e. The molecule has 1 aromatic rings. The SMILES string of the molecule is COc1nc(NCC(C)(O)CC(C)C)ccc1N. The molecule has 0 radical (unpaired) electrons. The lowest BCUT2D eigenvalue weighted by atomic mass is 9.94. The van der Waals surface area contributed by atoms with E-state index in [1.165, 1.54) is 7.11 Å². The molecule has 102 valence electrons. The van der Waals surface area contributed by atoms with Crippen LogP contribution in [0.1, 0.15) is 27.2 Å². The zero-order valence-electron chi connectivity index (χ0n) is 11.5. The number of nitrogens with zero attached hydrogens (tertiary/aromatic N) is 1. The summed E-state index contributed by atoms with van der Waals surface area (Å²) in [7, 11) is 1.53. The van der Waals surface area contributed by atoms with E-state index in [0.717, 1.165) is 6.42 Å². The number of rotatable bonds is 6. The van der Waals surface area contributed by atoms with Gasteiger partial charge in [-0.05, 0) is 31.4 Å². The quantitative estimate of drug-likeness (QED) is 0.721. The van der Waals surface area contributed by atoms with Gasteiger partial charge in [-0.15, -0.1) is 0 Å². The lowest BCUT2D eigenvalue weighted by Gasteiger charge is -2.25. The molecular weight excluding hydrogens is 230 g/mol. The molecule has 0 aliphatic rings. The Kier molecular flexibility index (Phi) is 4.78. The third kappa shape index (κ3) is 4.41. The molecule has 0 aliphatic carbocycles. The second-order valence-electron chi connectivity index (χ2n) is 5.24. The van der Waals surface area contributed by atoms with E-state index < -0.39 is 5.60 Å². The standard InChI is InChI=1S/C13H23N3O2/c1-9(2)7-13(3,17)8-15-11-6-5-10(14)12(16-11)18-4/h5-6,9,17H,7-8,14H2,1-4H3,(H,15,16). The van der Waals surface area contributed by atoms with Gasteiger partial charge in [0.15, 0.2) is 0 Å². The minimum Gasteiger partial charge on any atom is -0.479 e. The molecular formula is C13H23N3O2. The van der Waals surface area contributed by atoms with Crippen molar-refractivity contribution in [3.63, 3.8) is 0 Å². The van der Waals surface area contributed by atoms with Crippen LogP contribution in [0, 0.1) is 5.92 Å². The van der Waals surface area contributed by atoms with Gasteiger partial charge >= 0.3 is 0 Å². The molecule has 5 nitrogen and oxygen atoms in total. The highest BCUT2D eigenvalue weighted by atomic mass is 16.5. The van der Waals surface area contributed by atoms with E-state index in [9.17, 15) is 5.11 Å². The number of nitrogens with one attached hydrogen (secondary N) is 1. The molecule has 1 rings (SSSR count). The number of ether oxygens (including phenoxy) is 1. The molecule has 0 aromatic carbocycles. The van der Waals surface area contributed by atoms with Crippen molar-refractivity contribution in [1.29, 1.82) is 0 Å². The Morgan fingerprint density at radius 1 is 1.50 bits per heavy atom. The smallest absolute Gasteiger partial charge is 0.238 e. The first-order valence-electron chi connectivity index (χ1n) is 6.11. The van der Waals surface area contributed by atoms with Gasteiger partial charge in [0.2, 0.25) is 5.88 Å². The predicted octanol–water partition coefficient (Wildman–Crippen LogP) is 1.88. The van der Waals surface area contributed by atoms with Crippen LogP contribution < -0.4 is 15.8 Å². The summed E-state index contributed by atoms with van der Waals surface area (Å²) in [5, 5.41) is 13.3. The summed E-state index contributed by atoms with van der Waals surface area (Å²) in [6, 6.07) is 3.49. The zero-order chi connectivity index (χ0) is 13.8. The fourth-order valence-electron chi connectivity index (χ4n) is 1.95. The van der Waals surface area contributed by atoms with Gasteiger partial charge in [0.25, 0.3) is 0 Å². The Bertz CT molecular complexity index is 392. The second-order valence-corrected chi connectivity index (χ2v) is 5.24. The molecule has 0 aliphatic heterocycles. The van der Waals surface area contributed by atoms with Crippen molar-refractivity contribution in [1.82, 2.24) is 4.98 Å². The van der Waals surface area contributed by atoms with Crippen LogP contribution in [0.3, 0.4) is 0 Å². The van der Waals surface area contributed by atoms with Gasteiger partial charge in [0.05, 0.1) is 18.4 Å². The summed E-state index contributed by atoms with van der Waals surface area (Å²) in [6.07, 6.45) is 0.728. The third-order valence-electron chi connectivity index (χ3n) is 2.58. The summed E-state index contributed by atoms with van der Waals surface area (Å²) >= 11 is 0. The van der Waals surface area contributed by atoms with Crippen LogP contribution in [0.5, 0.6) is 5.88 Å². The Labute approximate surface area is 108 Å². The number of nitrogens with two attached hydrogens (primary N) is 1. The molecule has 1 atom stereocenters. The highest BCUT2D eigenvalue weighted by Gasteiger charge is 2.21. The van der Waals surface area contributed by atoms with E-state index >= 15 is 0 Å². The summed E-state index contributed by atoms with van der Waals surface area (Å²) in [6.45, 7) is 6.41. The Balaban J connectivity index is 2.63. The second kappa shape index (κ2) is 5.91. The topological polar surface area (TPSA) is 80.4 Å². The molecule has 1 heterocycles. The molecule has 0 spiro atoms. The Morgan fingerprint density at radius 3 is 2.72 bits per heavy atom. The normalized spacial score (nSPS) is 14.3.